The summed E-state index contributed by atoms with van der Waals surface area (Å²) < 4.78 is 31.8. The van der Waals surface area contributed by atoms with Gasteiger partial charge in [-0.05, 0) is 61.6 Å². The molecule has 0 atom stereocenters. The standard InChI is InChI=1S/C22H27N3O5S/c1-16-5-10-20(30-2)19(15-16)24-22(27)21(26)23-12-11-17-6-8-18(9-7-17)31(28,29)25-13-3-4-14-25/h5-10,15H,3-4,11-14H2,1-2H3,(H,23,26)(H,24,27). The first kappa shape index (κ1) is 22.8. The molecule has 1 fully saturated rings. The number of nitrogens with one attached hydrogen (secondary N) is 2. The van der Waals surface area contributed by atoms with Crippen LogP contribution in [0.5, 0.6) is 5.75 Å². The second kappa shape index (κ2) is 9.93. The predicted molar refractivity (Wildman–Crippen MR) is 118 cm³/mol. The molecule has 0 radical (unpaired) electrons. The van der Waals surface area contributed by atoms with Crippen LogP contribution in [0.4, 0.5) is 5.69 Å². The third-order valence-electron chi connectivity index (χ3n) is 5.13. The molecule has 1 heterocycles. The van der Waals surface area contributed by atoms with E-state index in [1.165, 1.54) is 11.4 Å². The average Bonchev–Trinajstić information content (AvgIpc) is 3.30. The van der Waals surface area contributed by atoms with Crippen molar-refractivity contribution in [2.75, 3.05) is 32.1 Å². The van der Waals surface area contributed by atoms with Crippen molar-refractivity contribution in [3.05, 3.63) is 53.6 Å². The van der Waals surface area contributed by atoms with Gasteiger partial charge in [0.1, 0.15) is 5.75 Å². The zero-order valence-corrected chi connectivity index (χ0v) is 18.5. The summed E-state index contributed by atoms with van der Waals surface area (Å²) in [6.45, 7) is 3.24. The molecule has 0 saturated carbocycles. The zero-order chi connectivity index (χ0) is 22.4. The van der Waals surface area contributed by atoms with Gasteiger partial charge in [-0.25, -0.2) is 8.42 Å². The summed E-state index contributed by atoms with van der Waals surface area (Å²) in [7, 11) is -1.95. The van der Waals surface area contributed by atoms with Crippen molar-refractivity contribution in [2.24, 2.45) is 0 Å². The van der Waals surface area contributed by atoms with Gasteiger partial charge in [-0.2, -0.15) is 4.31 Å². The lowest BCUT2D eigenvalue weighted by molar-refractivity contribution is -0.136. The summed E-state index contributed by atoms with van der Waals surface area (Å²) in [6, 6.07) is 11.9. The van der Waals surface area contributed by atoms with Gasteiger partial charge in [-0.3, -0.25) is 9.59 Å². The molecule has 2 N–H and O–H groups in total. The van der Waals surface area contributed by atoms with Crippen molar-refractivity contribution in [2.45, 2.75) is 31.1 Å². The second-order valence-electron chi connectivity index (χ2n) is 7.42. The van der Waals surface area contributed by atoms with Gasteiger partial charge in [0.25, 0.3) is 0 Å². The van der Waals surface area contributed by atoms with E-state index in [-0.39, 0.29) is 11.4 Å². The number of anilines is 1. The van der Waals surface area contributed by atoms with Crippen LogP contribution in [-0.2, 0) is 26.0 Å². The molecule has 166 valence electrons. The van der Waals surface area contributed by atoms with Crippen LogP contribution in [0.15, 0.2) is 47.4 Å². The van der Waals surface area contributed by atoms with E-state index in [1.54, 1.807) is 36.4 Å². The Morgan fingerprint density at radius 1 is 1.03 bits per heavy atom. The van der Waals surface area contributed by atoms with E-state index >= 15 is 0 Å². The van der Waals surface area contributed by atoms with Crippen molar-refractivity contribution in [1.82, 2.24) is 9.62 Å². The van der Waals surface area contributed by atoms with E-state index in [2.05, 4.69) is 10.6 Å². The third kappa shape index (κ3) is 5.62. The minimum Gasteiger partial charge on any atom is -0.495 e. The van der Waals surface area contributed by atoms with Gasteiger partial charge in [0.15, 0.2) is 0 Å². The van der Waals surface area contributed by atoms with E-state index in [0.717, 1.165) is 24.0 Å². The van der Waals surface area contributed by atoms with Gasteiger partial charge in [-0.1, -0.05) is 18.2 Å². The average molecular weight is 446 g/mol. The highest BCUT2D eigenvalue weighted by molar-refractivity contribution is 7.89. The Hall–Kier alpha value is -2.91. The number of carbonyl (C=O) groups excluding carboxylic acids is 2. The maximum absolute atomic E-state index is 12.6. The molecule has 0 bridgehead atoms. The van der Waals surface area contributed by atoms with Crippen molar-refractivity contribution in [3.63, 3.8) is 0 Å². The molecule has 1 saturated heterocycles. The van der Waals surface area contributed by atoms with Crippen molar-refractivity contribution in [1.29, 1.82) is 0 Å². The topological polar surface area (TPSA) is 105 Å². The highest BCUT2D eigenvalue weighted by atomic mass is 32.2. The monoisotopic (exact) mass is 445 g/mol. The maximum atomic E-state index is 12.6. The van der Waals surface area contributed by atoms with Gasteiger partial charge in [-0.15, -0.1) is 0 Å². The van der Waals surface area contributed by atoms with Crippen LogP contribution in [0.25, 0.3) is 0 Å². The van der Waals surface area contributed by atoms with Gasteiger partial charge >= 0.3 is 11.8 Å². The number of sulfonamides is 1. The predicted octanol–water partition coefficient (Wildman–Crippen LogP) is 2.09. The molecule has 0 spiro atoms. The van der Waals surface area contributed by atoms with E-state index in [9.17, 15) is 18.0 Å². The lowest BCUT2D eigenvalue weighted by Crippen LogP contribution is -2.36. The quantitative estimate of drug-likeness (QED) is 0.635. The summed E-state index contributed by atoms with van der Waals surface area (Å²) in [5.41, 5.74) is 2.21. The van der Waals surface area contributed by atoms with Crippen LogP contribution in [0.1, 0.15) is 24.0 Å². The Bertz CT molecular complexity index is 1050. The lowest BCUT2D eigenvalue weighted by Gasteiger charge is -2.15. The van der Waals surface area contributed by atoms with Crippen LogP contribution < -0.4 is 15.4 Å². The minimum absolute atomic E-state index is 0.245. The summed E-state index contributed by atoms with van der Waals surface area (Å²) in [5.74, 6) is -1.07. The number of hydrogen-bond acceptors (Lipinski definition) is 5. The Morgan fingerprint density at radius 3 is 2.35 bits per heavy atom. The smallest absolute Gasteiger partial charge is 0.313 e. The van der Waals surface area contributed by atoms with Crippen molar-refractivity contribution >= 4 is 27.5 Å². The van der Waals surface area contributed by atoms with Gasteiger partial charge < -0.3 is 15.4 Å². The molecule has 2 aromatic carbocycles. The number of amides is 2. The molecular weight excluding hydrogens is 418 g/mol. The number of rotatable bonds is 7. The molecule has 0 aromatic heterocycles. The van der Waals surface area contributed by atoms with Crippen LogP contribution >= 0.6 is 0 Å². The van der Waals surface area contributed by atoms with Crippen LogP contribution in [-0.4, -0.2) is 51.3 Å². The molecule has 9 heteroatoms. The van der Waals surface area contributed by atoms with Crippen molar-refractivity contribution in [3.8, 4) is 5.75 Å². The minimum atomic E-state index is -3.44. The molecule has 8 nitrogen and oxygen atoms in total. The normalized spacial score (nSPS) is 14.3. The highest BCUT2D eigenvalue weighted by Crippen LogP contribution is 2.25. The lowest BCUT2D eigenvalue weighted by atomic mass is 10.1. The fraction of sp³-hybridized carbons (Fsp3) is 0.364. The number of ether oxygens (including phenoxy) is 1. The number of nitrogens with zero attached hydrogens (tertiary/aromatic N) is 1. The fourth-order valence-electron chi connectivity index (χ4n) is 3.40. The number of methoxy groups -OCH3 is 1. The Labute approximate surface area is 182 Å². The number of benzene rings is 2. The third-order valence-corrected chi connectivity index (χ3v) is 7.05. The SMILES string of the molecule is COc1ccc(C)cc1NC(=O)C(=O)NCCc1ccc(S(=O)(=O)N2CCCC2)cc1. The second-order valence-corrected chi connectivity index (χ2v) is 9.36. The first-order valence-electron chi connectivity index (χ1n) is 10.1. The fourth-order valence-corrected chi connectivity index (χ4v) is 4.92. The Kier molecular flexibility index (Phi) is 7.29. The zero-order valence-electron chi connectivity index (χ0n) is 17.7. The maximum Gasteiger partial charge on any atom is 0.313 e. The number of carbonyl (C=O) groups is 2. The van der Waals surface area contributed by atoms with E-state index in [4.69, 9.17) is 4.74 Å². The molecule has 2 aromatic rings. The first-order valence-corrected chi connectivity index (χ1v) is 11.6. The highest BCUT2D eigenvalue weighted by Gasteiger charge is 2.26. The molecule has 2 amide bonds. The largest absolute Gasteiger partial charge is 0.495 e. The van der Waals surface area contributed by atoms with Crippen LogP contribution in [0, 0.1) is 6.92 Å². The number of hydrogen-bond donors (Lipinski definition) is 2. The molecule has 3 rings (SSSR count). The summed E-state index contributed by atoms with van der Waals surface area (Å²) in [6.07, 6.45) is 2.25. The summed E-state index contributed by atoms with van der Waals surface area (Å²) in [4.78, 5) is 24.5. The van der Waals surface area contributed by atoms with E-state index < -0.39 is 21.8 Å². The molecule has 31 heavy (non-hydrogen) atoms. The summed E-state index contributed by atoms with van der Waals surface area (Å²) in [5, 5.41) is 5.13. The van der Waals surface area contributed by atoms with E-state index in [0.29, 0.717) is 30.9 Å². The molecule has 0 aliphatic carbocycles. The van der Waals surface area contributed by atoms with Gasteiger partial charge in [0.05, 0.1) is 17.7 Å². The van der Waals surface area contributed by atoms with Crippen molar-refractivity contribution < 1.29 is 22.7 Å². The summed E-state index contributed by atoms with van der Waals surface area (Å²) >= 11 is 0. The molecule has 1 aliphatic heterocycles. The Balaban J connectivity index is 1.51. The van der Waals surface area contributed by atoms with Crippen LogP contribution in [0.3, 0.4) is 0 Å². The van der Waals surface area contributed by atoms with Gasteiger partial charge in [0.2, 0.25) is 10.0 Å². The first-order chi connectivity index (χ1) is 14.8. The number of aryl methyl sites for hydroxylation is 1. The molecule has 0 unspecified atom stereocenters. The van der Waals surface area contributed by atoms with Gasteiger partial charge in [0, 0.05) is 19.6 Å². The van der Waals surface area contributed by atoms with Crippen LogP contribution in [0.2, 0.25) is 0 Å². The Morgan fingerprint density at radius 2 is 1.71 bits per heavy atom. The molecular formula is C22H27N3O5S. The molecule has 1 aliphatic rings. The van der Waals surface area contributed by atoms with E-state index in [1.807, 2.05) is 13.0 Å².